The number of alkyl halides is 3. The molecule has 2 rings (SSSR count). The van der Waals surface area contributed by atoms with E-state index in [1.165, 1.54) is 11.3 Å². The van der Waals surface area contributed by atoms with Crippen molar-refractivity contribution < 1.29 is 21.6 Å². The fourth-order valence-corrected chi connectivity index (χ4v) is 4.63. The Morgan fingerprint density at radius 2 is 2.11 bits per heavy atom. The third kappa shape index (κ3) is 3.84. The van der Waals surface area contributed by atoms with Crippen LogP contribution in [0.25, 0.3) is 0 Å². The third-order valence-electron chi connectivity index (χ3n) is 2.84. The van der Waals surface area contributed by atoms with E-state index in [2.05, 4.69) is 0 Å². The molecule has 0 saturated heterocycles. The van der Waals surface area contributed by atoms with Gasteiger partial charge in [0.1, 0.15) is 0 Å². The number of rotatable bonds is 3. The summed E-state index contributed by atoms with van der Waals surface area (Å²) in [6.45, 7) is 0.322. The normalized spacial score (nSPS) is 17.5. The summed E-state index contributed by atoms with van der Waals surface area (Å²) in [7, 11) is -3.88. The first-order valence-electron chi connectivity index (χ1n) is 5.49. The quantitative estimate of drug-likeness (QED) is 0.852. The van der Waals surface area contributed by atoms with Gasteiger partial charge in [-0.1, -0.05) is 11.6 Å². The number of halogens is 4. The topological polar surface area (TPSA) is 37.4 Å². The molecule has 3 nitrogen and oxygen atoms in total. The Kier molecular flexibility index (Phi) is 4.15. The first-order chi connectivity index (χ1) is 8.67. The second kappa shape index (κ2) is 5.23. The zero-order chi connectivity index (χ0) is 14.3. The fourth-order valence-electron chi connectivity index (χ4n) is 1.88. The van der Waals surface area contributed by atoms with Gasteiger partial charge >= 0.3 is 6.18 Å². The third-order valence-corrected chi connectivity index (χ3v) is 6.02. The average molecular weight is 334 g/mol. The van der Waals surface area contributed by atoms with Gasteiger partial charge in [0.05, 0.1) is 16.5 Å². The van der Waals surface area contributed by atoms with Crippen LogP contribution in [-0.4, -0.2) is 31.2 Å². The summed E-state index contributed by atoms with van der Waals surface area (Å²) in [5, 5.41) is 0. The lowest BCUT2D eigenvalue weighted by Gasteiger charge is -2.26. The molecule has 108 valence electrons. The van der Waals surface area contributed by atoms with Crippen LogP contribution >= 0.6 is 22.9 Å². The second-order valence-electron chi connectivity index (χ2n) is 4.26. The number of hydrogen-bond donors (Lipinski definition) is 0. The molecule has 1 aliphatic heterocycles. The van der Waals surface area contributed by atoms with E-state index in [1.54, 1.807) is 6.07 Å². The lowest BCUT2D eigenvalue weighted by molar-refractivity contribution is -0.130. The molecule has 1 aromatic heterocycles. The lowest BCUT2D eigenvalue weighted by Crippen LogP contribution is -2.37. The van der Waals surface area contributed by atoms with Crippen LogP contribution in [0.4, 0.5) is 13.2 Å². The molecule has 0 bridgehead atoms. The van der Waals surface area contributed by atoms with Crippen molar-refractivity contribution in [2.45, 2.75) is 25.6 Å². The molecule has 0 saturated carbocycles. The largest absolute Gasteiger partial charge is 0.390 e. The molecule has 9 heteroatoms. The number of sulfonamides is 1. The van der Waals surface area contributed by atoms with Crippen molar-refractivity contribution in [2.75, 3.05) is 12.3 Å². The first kappa shape index (κ1) is 15.1. The van der Waals surface area contributed by atoms with Gasteiger partial charge in [-0.2, -0.15) is 17.5 Å². The molecule has 2 heterocycles. The van der Waals surface area contributed by atoms with Crippen molar-refractivity contribution in [3.05, 3.63) is 20.8 Å². The summed E-state index contributed by atoms with van der Waals surface area (Å²) in [6, 6.07) is 1.67. The van der Waals surface area contributed by atoms with Crippen molar-refractivity contribution in [3.63, 3.8) is 0 Å². The Hall–Kier alpha value is -0.310. The van der Waals surface area contributed by atoms with Gasteiger partial charge in [0.2, 0.25) is 10.0 Å². The van der Waals surface area contributed by atoms with Crippen molar-refractivity contribution in [2.24, 2.45) is 0 Å². The summed E-state index contributed by atoms with van der Waals surface area (Å²) in [4.78, 5) is 1.01. The molecule has 1 aromatic rings. The molecule has 1 aliphatic rings. The molecular formula is C10H11ClF3NO2S2. The van der Waals surface area contributed by atoms with Crippen molar-refractivity contribution >= 4 is 33.0 Å². The van der Waals surface area contributed by atoms with Crippen LogP contribution in [0.5, 0.6) is 0 Å². The minimum absolute atomic E-state index is 0.110. The van der Waals surface area contributed by atoms with E-state index >= 15 is 0 Å². The smallest absolute Gasteiger partial charge is 0.212 e. The number of fused-ring (bicyclic) bond motifs is 1. The van der Waals surface area contributed by atoms with E-state index in [0.29, 0.717) is 10.8 Å². The van der Waals surface area contributed by atoms with Crippen LogP contribution < -0.4 is 0 Å². The summed E-state index contributed by atoms with van der Waals surface area (Å²) < 4.78 is 61.7. The van der Waals surface area contributed by atoms with E-state index in [9.17, 15) is 21.6 Å². The summed E-state index contributed by atoms with van der Waals surface area (Å²) in [5.41, 5.74) is 0.789. The Labute approximate surface area is 118 Å². The van der Waals surface area contributed by atoms with Gasteiger partial charge < -0.3 is 0 Å². The lowest BCUT2D eigenvalue weighted by atomic mass is 10.1. The fraction of sp³-hybridized carbons (Fsp3) is 0.600. The van der Waals surface area contributed by atoms with Crippen LogP contribution in [0.3, 0.4) is 0 Å². The predicted molar refractivity (Wildman–Crippen MR) is 67.9 cm³/mol. The van der Waals surface area contributed by atoms with Gasteiger partial charge in [-0.05, 0) is 18.1 Å². The van der Waals surface area contributed by atoms with Crippen molar-refractivity contribution in [1.29, 1.82) is 0 Å². The zero-order valence-corrected chi connectivity index (χ0v) is 12.1. The zero-order valence-electron chi connectivity index (χ0n) is 9.70. The van der Waals surface area contributed by atoms with Gasteiger partial charge in [-0.15, -0.1) is 11.3 Å². The molecule has 0 radical (unpaired) electrons. The SMILES string of the molecule is O=S(=O)(CCC(F)(F)F)N1CCc2sc(Cl)cc2C1. The molecular weight excluding hydrogens is 323 g/mol. The molecule has 0 aromatic carbocycles. The van der Waals surface area contributed by atoms with Crippen molar-refractivity contribution in [1.82, 2.24) is 4.31 Å². The van der Waals surface area contributed by atoms with E-state index in [4.69, 9.17) is 11.6 Å². The van der Waals surface area contributed by atoms with Crippen LogP contribution in [-0.2, 0) is 23.0 Å². The van der Waals surface area contributed by atoms with Crippen LogP contribution in [0, 0.1) is 0 Å². The Bertz CT molecular complexity index is 568. The Balaban J connectivity index is 2.07. The minimum atomic E-state index is -4.46. The van der Waals surface area contributed by atoms with Gasteiger partial charge in [0.15, 0.2) is 0 Å². The molecule has 0 amide bonds. The van der Waals surface area contributed by atoms with Crippen molar-refractivity contribution in [3.8, 4) is 0 Å². The van der Waals surface area contributed by atoms with Gasteiger partial charge in [0.25, 0.3) is 0 Å². The Morgan fingerprint density at radius 1 is 1.42 bits per heavy atom. The second-order valence-corrected chi connectivity index (χ2v) is 8.12. The highest BCUT2D eigenvalue weighted by Gasteiger charge is 2.34. The maximum atomic E-state index is 12.1. The van der Waals surface area contributed by atoms with E-state index in [0.717, 1.165) is 14.7 Å². The molecule has 0 spiro atoms. The van der Waals surface area contributed by atoms with E-state index in [1.807, 2.05) is 0 Å². The maximum absolute atomic E-state index is 12.1. The molecule has 0 aliphatic carbocycles. The number of nitrogens with zero attached hydrogens (tertiary/aromatic N) is 1. The van der Waals surface area contributed by atoms with Gasteiger partial charge in [-0.3, -0.25) is 0 Å². The van der Waals surface area contributed by atoms with E-state index in [-0.39, 0.29) is 13.1 Å². The first-order valence-corrected chi connectivity index (χ1v) is 8.29. The highest BCUT2D eigenvalue weighted by molar-refractivity contribution is 7.89. The molecule has 0 N–H and O–H groups in total. The summed E-state index contributed by atoms with van der Waals surface area (Å²) in [5.74, 6) is -0.899. The molecule has 0 fully saturated rings. The highest BCUT2D eigenvalue weighted by atomic mass is 35.5. The van der Waals surface area contributed by atoms with Crippen LogP contribution in [0.1, 0.15) is 16.9 Å². The minimum Gasteiger partial charge on any atom is -0.212 e. The predicted octanol–water partition coefficient (Wildman–Crippen LogP) is 3.04. The van der Waals surface area contributed by atoms with E-state index < -0.39 is 28.4 Å². The van der Waals surface area contributed by atoms with Gasteiger partial charge in [0, 0.05) is 18.0 Å². The average Bonchev–Trinajstić information content (AvgIpc) is 2.64. The summed E-state index contributed by atoms with van der Waals surface area (Å²) >= 11 is 7.22. The summed E-state index contributed by atoms with van der Waals surface area (Å²) in [6.07, 6.45) is -5.28. The Morgan fingerprint density at radius 3 is 2.74 bits per heavy atom. The monoisotopic (exact) mass is 333 g/mol. The maximum Gasteiger partial charge on any atom is 0.390 e. The highest BCUT2D eigenvalue weighted by Crippen LogP contribution is 2.32. The molecule has 0 unspecified atom stereocenters. The van der Waals surface area contributed by atoms with Crippen LogP contribution in [0.15, 0.2) is 6.07 Å². The standard InChI is InChI=1S/C10H11ClF3NO2S2/c11-9-5-7-6-15(3-1-8(7)18-9)19(16,17)4-2-10(12,13)14/h5H,1-4,6H2. The van der Waals surface area contributed by atoms with Crippen LogP contribution in [0.2, 0.25) is 4.34 Å². The number of hydrogen-bond acceptors (Lipinski definition) is 3. The van der Waals surface area contributed by atoms with Gasteiger partial charge in [-0.25, -0.2) is 8.42 Å². The number of thiophene rings is 1. The molecule has 19 heavy (non-hydrogen) atoms. The molecule has 0 atom stereocenters.